The van der Waals surface area contributed by atoms with Crippen molar-refractivity contribution in [2.45, 2.75) is 11.0 Å². The van der Waals surface area contributed by atoms with Gasteiger partial charge >= 0.3 is 0 Å². The number of morpholine rings is 1. The first kappa shape index (κ1) is 24.3. The van der Waals surface area contributed by atoms with Crippen molar-refractivity contribution < 1.29 is 18.3 Å². The second-order valence-corrected chi connectivity index (χ2v) is 11.6. The van der Waals surface area contributed by atoms with Gasteiger partial charge in [-0.05, 0) is 29.8 Å². The van der Waals surface area contributed by atoms with Gasteiger partial charge < -0.3 is 25.9 Å². The van der Waals surface area contributed by atoms with E-state index in [1.807, 2.05) is 18.2 Å². The van der Waals surface area contributed by atoms with E-state index in [2.05, 4.69) is 4.90 Å². The van der Waals surface area contributed by atoms with E-state index in [1.54, 1.807) is 18.2 Å². The molecule has 36 heavy (non-hydrogen) atoms. The molecule has 1 aliphatic heterocycles. The zero-order chi connectivity index (χ0) is 25.4. The van der Waals surface area contributed by atoms with E-state index in [1.165, 1.54) is 29.7 Å². The molecular weight excluding hydrogens is 498 g/mol. The predicted octanol–water partition coefficient (Wildman–Crippen LogP) is 3.26. The number of nitrogens with two attached hydrogens (primary N) is 1. The molecule has 0 bridgehead atoms. The third-order valence-electron chi connectivity index (χ3n) is 6.10. The average Bonchev–Trinajstić information content (AvgIpc) is 3.32. The van der Waals surface area contributed by atoms with Crippen molar-refractivity contribution in [3.05, 3.63) is 64.5 Å². The van der Waals surface area contributed by atoms with Gasteiger partial charge in [0.15, 0.2) is 21.5 Å². The molecule has 0 amide bonds. The number of ether oxygens (including phenoxy) is 1. The molecule has 0 saturated carbocycles. The van der Waals surface area contributed by atoms with Crippen LogP contribution in [0.5, 0.6) is 0 Å². The summed E-state index contributed by atoms with van der Waals surface area (Å²) in [7, 11) is -3.33. The summed E-state index contributed by atoms with van der Waals surface area (Å²) in [5.74, 6) is 1.19. The minimum atomic E-state index is -3.33. The number of nitrogens with one attached hydrogen (secondary N) is 1. The van der Waals surface area contributed by atoms with Crippen molar-refractivity contribution in [3.8, 4) is 11.4 Å². The van der Waals surface area contributed by atoms with Crippen molar-refractivity contribution in [2.24, 2.45) is 0 Å². The smallest absolute Gasteiger partial charge is 0.175 e. The molecular formula is C25H25N5O4S2. The minimum Gasteiger partial charge on any atom is -0.398 e. The first-order valence-electron chi connectivity index (χ1n) is 11.3. The van der Waals surface area contributed by atoms with Crippen molar-refractivity contribution in [3.63, 3.8) is 0 Å². The van der Waals surface area contributed by atoms with Crippen molar-refractivity contribution in [2.75, 3.05) is 43.2 Å². The summed E-state index contributed by atoms with van der Waals surface area (Å²) in [4.78, 5) is 12.7. The molecule has 1 fully saturated rings. The minimum absolute atomic E-state index is 0.198. The van der Waals surface area contributed by atoms with Crippen molar-refractivity contribution >= 4 is 49.1 Å². The van der Waals surface area contributed by atoms with Gasteiger partial charge in [-0.1, -0.05) is 24.3 Å². The maximum absolute atomic E-state index is 11.8. The van der Waals surface area contributed by atoms with E-state index in [0.717, 1.165) is 16.8 Å². The molecule has 1 aliphatic rings. The van der Waals surface area contributed by atoms with Gasteiger partial charge in [-0.15, -0.1) is 11.3 Å². The Kier molecular flexibility index (Phi) is 6.47. The number of hydrogen-bond donors (Lipinski definition) is 3. The van der Waals surface area contributed by atoms with E-state index in [-0.39, 0.29) is 4.90 Å². The molecule has 4 aromatic rings. The van der Waals surface area contributed by atoms with Gasteiger partial charge in [0.1, 0.15) is 6.10 Å². The summed E-state index contributed by atoms with van der Waals surface area (Å²) in [5.41, 5.74) is 9.04. The molecule has 4 N–H and O–H groups in total. The van der Waals surface area contributed by atoms with E-state index < -0.39 is 15.9 Å². The van der Waals surface area contributed by atoms with Crippen LogP contribution in [0.25, 0.3) is 21.6 Å². The standard InChI is InChI=1S/C25H25N5O4S2/c1-36(32,33)16-7-5-15(6-8-16)22(31)21-13-20-23(35-21)25(30-9-11-34-12-10-30)29-24(28-20)17-3-2-4-19(27)18(17)14-26/h2-8,13-14,22,26,31H,9-12,27H2,1H3. The van der Waals surface area contributed by atoms with Crippen molar-refractivity contribution in [1.82, 2.24) is 9.97 Å². The number of aromatic nitrogens is 2. The molecule has 11 heteroatoms. The number of nitrogens with zero attached hydrogens (tertiary/aromatic N) is 3. The largest absolute Gasteiger partial charge is 0.398 e. The number of hydrogen-bond acceptors (Lipinski definition) is 10. The Morgan fingerprint density at radius 1 is 1.17 bits per heavy atom. The van der Waals surface area contributed by atoms with Gasteiger partial charge in [-0.2, -0.15) is 0 Å². The summed E-state index contributed by atoms with van der Waals surface area (Å²) in [5, 5.41) is 19.0. The lowest BCUT2D eigenvalue weighted by atomic mass is 10.1. The molecule has 186 valence electrons. The predicted molar refractivity (Wildman–Crippen MR) is 142 cm³/mol. The zero-order valence-corrected chi connectivity index (χ0v) is 21.1. The van der Waals surface area contributed by atoms with Crippen LogP contribution < -0.4 is 10.6 Å². The molecule has 1 atom stereocenters. The lowest BCUT2D eigenvalue weighted by molar-refractivity contribution is 0.122. The Balaban J connectivity index is 1.63. The zero-order valence-electron chi connectivity index (χ0n) is 19.5. The first-order chi connectivity index (χ1) is 17.3. The molecule has 2 aromatic carbocycles. The number of nitrogen functional groups attached to an aromatic ring is 1. The summed E-state index contributed by atoms with van der Waals surface area (Å²) in [6.45, 7) is 2.50. The second-order valence-electron chi connectivity index (χ2n) is 8.53. The van der Waals surface area contributed by atoms with Crippen molar-refractivity contribution in [1.29, 1.82) is 5.41 Å². The highest BCUT2D eigenvalue weighted by Crippen LogP contribution is 2.39. The number of anilines is 2. The quantitative estimate of drug-likeness (QED) is 0.258. The number of fused-ring (bicyclic) bond motifs is 1. The summed E-state index contributed by atoms with van der Waals surface area (Å²) >= 11 is 1.40. The van der Waals surface area contributed by atoms with Crippen LogP contribution in [0.2, 0.25) is 0 Å². The number of benzene rings is 2. The monoisotopic (exact) mass is 523 g/mol. The van der Waals surface area contributed by atoms with Crippen LogP contribution in [0.4, 0.5) is 11.5 Å². The van der Waals surface area contributed by atoms with Crippen LogP contribution in [0.15, 0.2) is 53.4 Å². The molecule has 1 saturated heterocycles. The lowest BCUT2D eigenvalue weighted by Crippen LogP contribution is -2.36. The molecule has 3 heterocycles. The summed E-state index contributed by atoms with van der Waals surface area (Å²) in [6, 6.07) is 13.5. The molecule has 9 nitrogen and oxygen atoms in total. The van der Waals surface area contributed by atoms with Crippen LogP contribution in [0.3, 0.4) is 0 Å². The Labute approximate surface area is 212 Å². The average molecular weight is 524 g/mol. The van der Waals surface area contributed by atoms with E-state index in [4.69, 9.17) is 25.8 Å². The number of aliphatic hydroxyl groups is 1. The molecule has 0 radical (unpaired) electrons. The fraction of sp³-hybridized carbons (Fsp3) is 0.240. The Morgan fingerprint density at radius 2 is 1.89 bits per heavy atom. The molecule has 5 rings (SSSR count). The Morgan fingerprint density at radius 3 is 2.56 bits per heavy atom. The molecule has 1 unspecified atom stereocenters. The first-order valence-corrected chi connectivity index (χ1v) is 14.0. The van der Waals surface area contributed by atoms with Crippen LogP contribution >= 0.6 is 11.3 Å². The molecule has 2 aromatic heterocycles. The van der Waals surface area contributed by atoms with E-state index in [0.29, 0.717) is 64.9 Å². The number of aliphatic hydroxyl groups excluding tert-OH is 1. The number of sulfone groups is 1. The van der Waals surface area contributed by atoms with Gasteiger partial charge in [0.05, 0.1) is 28.3 Å². The van der Waals surface area contributed by atoms with Gasteiger partial charge in [0.25, 0.3) is 0 Å². The lowest BCUT2D eigenvalue weighted by Gasteiger charge is -2.28. The van der Waals surface area contributed by atoms with E-state index in [9.17, 15) is 13.5 Å². The Hall–Kier alpha value is -3.38. The van der Waals surface area contributed by atoms with Gasteiger partial charge in [0.2, 0.25) is 0 Å². The number of rotatable bonds is 6. The molecule has 0 aliphatic carbocycles. The van der Waals surface area contributed by atoms with Gasteiger partial charge in [-0.3, -0.25) is 0 Å². The SMILES string of the molecule is CS(=O)(=O)c1ccc(C(O)c2cc3nc(-c4cccc(N)c4C=N)nc(N4CCOCC4)c3s2)cc1. The maximum atomic E-state index is 11.8. The third kappa shape index (κ3) is 4.58. The normalized spacial score (nSPS) is 15.2. The fourth-order valence-electron chi connectivity index (χ4n) is 4.18. The summed E-state index contributed by atoms with van der Waals surface area (Å²) < 4.78 is 29.9. The van der Waals surface area contributed by atoms with Crippen LogP contribution in [0.1, 0.15) is 22.1 Å². The summed E-state index contributed by atoms with van der Waals surface area (Å²) in [6.07, 6.45) is 1.40. The van der Waals surface area contributed by atoms with Crippen LogP contribution in [-0.2, 0) is 14.6 Å². The second kappa shape index (κ2) is 9.58. The highest BCUT2D eigenvalue weighted by molar-refractivity contribution is 7.90. The topological polar surface area (TPSA) is 142 Å². The van der Waals surface area contributed by atoms with E-state index >= 15 is 0 Å². The van der Waals surface area contributed by atoms with Crippen LogP contribution in [0, 0.1) is 5.41 Å². The van der Waals surface area contributed by atoms with Crippen LogP contribution in [-0.4, -0.2) is 62.3 Å². The van der Waals surface area contributed by atoms with Gasteiger partial charge in [-0.25, -0.2) is 18.4 Å². The highest BCUT2D eigenvalue weighted by atomic mass is 32.2. The maximum Gasteiger partial charge on any atom is 0.175 e. The fourth-order valence-corrected chi connectivity index (χ4v) is 5.94. The highest BCUT2D eigenvalue weighted by Gasteiger charge is 2.23. The third-order valence-corrected chi connectivity index (χ3v) is 8.40. The Bertz CT molecular complexity index is 1540. The molecule has 0 spiro atoms. The van der Waals surface area contributed by atoms with Gasteiger partial charge in [0, 0.05) is 47.3 Å². The number of thiophene rings is 1.